The zero-order valence-corrected chi connectivity index (χ0v) is 10.1. The quantitative estimate of drug-likeness (QED) is 0.819. The van der Waals surface area contributed by atoms with Gasteiger partial charge < -0.3 is 15.1 Å². The molecule has 1 aromatic rings. The maximum atomic E-state index is 12.1. The van der Waals surface area contributed by atoms with Crippen LogP contribution < -0.4 is 0 Å². The third-order valence-corrected chi connectivity index (χ3v) is 3.10. The number of aromatic carboxylic acids is 1. The summed E-state index contributed by atoms with van der Waals surface area (Å²) in [5.74, 6) is -1.30. The predicted molar refractivity (Wildman–Crippen MR) is 64.5 cm³/mol. The first-order valence-electron chi connectivity index (χ1n) is 5.74. The number of nitrogens with zero attached hydrogens (tertiary/aromatic N) is 1. The molecule has 1 aliphatic heterocycles. The Morgan fingerprint density at radius 3 is 2.56 bits per heavy atom. The molecule has 1 saturated heterocycles. The van der Waals surface area contributed by atoms with Crippen molar-refractivity contribution in [3.63, 3.8) is 0 Å². The average molecular weight is 249 g/mol. The highest BCUT2D eigenvalue weighted by Gasteiger charge is 2.34. The van der Waals surface area contributed by atoms with Crippen molar-refractivity contribution in [1.82, 2.24) is 4.90 Å². The van der Waals surface area contributed by atoms with Gasteiger partial charge in [0.25, 0.3) is 5.91 Å². The lowest BCUT2D eigenvalue weighted by molar-refractivity contribution is 0.0572. The summed E-state index contributed by atoms with van der Waals surface area (Å²) in [5.41, 5.74) is -0.417. The summed E-state index contributed by atoms with van der Waals surface area (Å²) in [6.07, 6.45) is 0.539. The molecule has 0 spiro atoms. The van der Waals surface area contributed by atoms with Gasteiger partial charge in [-0.3, -0.25) is 4.79 Å². The van der Waals surface area contributed by atoms with E-state index in [-0.39, 0.29) is 18.0 Å². The average Bonchev–Trinajstić information content (AvgIpc) is 2.69. The summed E-state index contributed by atoms with van der Waals surface area (Å²) in [4.78, 5) is 24.5. The first-order chi connectivity index (χ1) is 8.39. The van der Waals surface area contributed by atoms with Crippen molar-refractivity contribution in [2.75, 3.05) is 13.1 Å². The topological polar surface area (TPSA) is 77.8 Å². The van der Waals surface area contributed by atoms with Crippen molar-refractivity contribution < 1.29 is 19.8 Å². The number of rotatable bonds is 2. The van der Waals surface area contributed by atoms with E-state index < -0.39 is 11.6 Å². The van der Waals surface area contributed by atoms with Crippen LogP contribution in [0.15, 0.2) is 24.3 Å². The lowest BCUT2D eigenvalue weighted by Crippen LogP contribution is -2.33. The molecule has 0 bridgehead atoms. The first-order valence-corrected chi connectivity index (χ1v) is 5.74. The largest absolute Gasteiger partial charge is 0.478 e. The minimum absolute atomic E-state index is 0.0896. The molecule has 5 nitrogen and oxygen atoms in total. The molecule has 0 radical (unpaired) electrons. The number of carbonyl (C=O) groups excluding carboxylic acids is 1. The van der Waals surface area contributed by atoms with Gasteiger partial charge in [0.2, 0.25) is 0 Å². The van der Waals surface area contributed by atoms with E-state index in [1.165, 1.54) is 12.1 Å². The monoisotopic (exact) mass is 249 g/mol. The SMILES string of the molecule is CC1(O)CCN(C(=O)c2cccc(C(=O)O)c2)C1. The Morgan fingerprint density at radius 2 is 2.00 bits per heavy atom. The van der Waals surface area contributed by atoms with Crippen molar-refractivity contribution in [2.24, 2.45) is 0 Å². The fourth-order valence-electron chi connectivity index (χ4n) is 2.09. The molecule has 1 atom stereocenters. The van der Waals surface area contributed by atoms with E-state index in [1.54, 1.807) is 24.0 Å². The van der Waals surface area contributed by atoms with Crippen LogP contribution in [-0.2, 0) is 0 Å². The summed E-state index contributed by atoms with van der Waals surface area (Å²) in [6, 6.07) is 5.93. The number of β-amino-alcohol motifs (C(OH)–C–C–N with tert-alkyl or cyclic N) is 1. The molecular weight excluding hydrogens is 234 g/mol. The molecule has 1 heterocycles. The summed E-state index contributed by atoms with van der Waals surface area (Å²) in [6.45, 7) is 2.46. The molecule has 1 aromatic carbocycles. The van der Waals surface area contributed by atoms with Crippen LogP contribution in [0.25, 0.3) is 0 Å². The number of carboxylic acids is 1. The Kier molecular flexibility index (Phi) is 3.09. The summed E-state index contributed by atoms with van der Waals surface area (Å²) in [7, 11) is 0. The number of hydrogen-bond donors (Lipinski definition) is 2. The zero-order chi connectivity index (χ0) is 13.3. The lowest BCUT2D eigenvalue weighted by atomic mass is 10.1. The van der Waals surface area contributed by atoms with Gasteiger partial charge in [0, 0.05) is 18.7 Å². The standard InChI is InChI=1S/C13H15NO4/c1-13(18)5-6-14(8-13)11(15)9-3-2-4-10(7-9)12(16)17/h2-4,7,18H,5-6,8H2,1H3,(H,16,17). The van der Waals surface area contributed by atoms with Gasteiger partial charge in [-0.1, -0.05) is 6.07 Å². The van der Waals surface area contributed by atoms with Gasteiger partial charge in [0.05, 0.1) is 11.2 Å². The van der Waals surface area contributed by atoms with Crippen LogP contribution in [0, 0.1) is 0 Å². The predicted octanol–water partition coefficient (Wildman–Crippen LogP) is 0.982. The number of aliphatic hydroxyl groups is 1. The Hall–Kier alpha value is -1.88. The fraction of sp³-hybridized carbons (Fsp3) is 0.385. The molecular formula is C13H15NO4. The summed E-state index contributed by atoms with van der Waals surface area (Å²) in [5, 5.41) is 18.7. The third kappa shape index (κ3) is 2.51. The Morgan fingerprint density at radius 1 is 1.33 bits per heavy atom. The summed E-state index contributed by atoms with van der Waals surface area (Å²) < 4.78 is 0. The minimum atomic E-state index is -1.06. The second kappa shape index (κ2) is 4.42. The van der Waals surface area contributed by atoms with Crippen molar-refractivity contribution >= 4 is 11.9 Å². The normalized spacial score (nSPS) is 23.1. The molecule has 5 heteroatoms. The van der Waals surface area contributed by atoms with E-state index in [0.29, 0.717) is 18.5 Å². The Bertz CT molecular complexity index is 496. The van der Waals surface area contributed by atoms with E-state index in [0.717, 1.165) is 0 Å². The van der Waals surface area contributed by atoms with E-state index in [4.69, 9.17) is 5.11 Å². The molecule has 0 aromatic heterocycles. The highest BCUT2D eigenvalue weighted by atomic mass is 16.4. The summed E-state index contributed by atoms with van der Waals surface area (Å²) >= 11 is 0. The van der Waals surface area contributed by atoms with Gasteiger partial charge >= 0.3 is 5.97 Å². The molecule has 2 N–H and O–H groups in total. The number of hydrogen-bond acceptors (Lipinski definition) is 3. The first kappa shape index (κ1) is 12.6. The van der Waals surface area contributed by atoms with Crippen LogP contribution in [0.1, 0.15) is 34.1 Å². The van der Waals surface area contributed by atoms with E-state index in [2.05, 4.69) is 0 Å². The molecule has 1 fully saturated rings. The van der Waals surface area contributed by atoms with Crippen LogP contribution in [0.2, 0.25) is 0 Å². The van der Waals surface area contributed by atoms with Crippen LogP contribution in [0.4, 0.5) is 0 Å². The van der Waals surface area contributed by atoms with Gasteiger partial charge in [-0.15, -0.1) is 0 Å². The highest BCUT2D eigenvalue weighted by molar-refractivity contribution is 5.97. The van der Waals surface area contributed by atoms with Gasteiger partial charge in [-0.05, 0) is 31.5 Å². The maximum Gasteiger partial charge on any atom is 0.335 e. The lowest BCUT2D eigenvalue weighted by Gasteiger charge is -2.19. The Balaban J connectivity index is 2.19. The van der Waals surface area contributed by atoms with Gasteiger partial charge in [-0.25, -0.2) is 4.79 Å². The van der Waals surface area contributed by atoms with Gasteiger partial charge in [0.1, 0.15) is 0 Å². The number of likely N-dealkylation sites (tertiary alicyclic amines) is 1. The molecule has 1 amide bonds. The molecule has 1 unspecified atom stereocenters. The molecule has 2 rings (SSSR count). The zero-order valence-electron chi connectivity index (χ0n) is 10.1. The van der Waals surface area contributed by atoms with Crippen LogP contribution in [0.5, 0.6) is 0 Å². The molecule has 96 valence electrons. The van der Waals surface area contributed by atoms with Gasteiger partial charge in [0.15, 0.2) is 0 Å². The number of carboxylic acid groups (broad SMARTS) is 1. The Labute approximate surface area is 105 Å². The number of benzene rings is 1. The minimum Gasteiger partial charge on any atom is -0.478 e. The van der Waals surface area contributed by atoms with E-state index >= 15 is 0 Å². The van der Waals surface area contributed by atoms with Crippen LogP contribution in [-0.4, -0.2) is 45.7 Å². The third-order valence-electron chi connectivity index (χ3n) is 3.10. The molecule has 1 aliphatic rings. The van der Waals surface area contributed by atoms with Crippen molar-refractivity contribution in [3.05, 3.63) is 35.4 Å². The maximum absolute atomic E-state index is 12.1. The van der Waals surface area contributed by atoms with Crippen molar-refractivity contribution in [3.8, 4) is 0 Å². The second-order valence-corrected chi connectivity index (χ2v) is 4.86. The fourth-order valence-corrected chi connectivity index (χ4v) is 2.09. The van der Waals surface area contributed by atoms with Crippen molar-refractivity contribution in [2.45, 2.75) is 18.9 Å². The molecule has 18 heavy (non-hydrogen) atoms. The van der Waals surface area contributed by atoms with Crippen LogP contribution in [0.3, 0.4) is 0 Å². The number of carbonyl (C=O) groups is 2. The van der Waals surface area contributed by atoms with E-state index in [9.17, 15) is 14.7 Å². The molecule has 0 saturated carbocycles. The molecule has 0 aliphatic carbocycles. The smallest absolute Gasteiger partial charge is 0.335 e. The van der Waals surface area contributed by atoms with Gasteiger partial charge in [-0.2, -0.15) is 0 Å². The highest BCUT2D eigenvalue weighted by Crippen LogP contribution is 2.22. The number of amides is 1. The van der Waals surface area contributed by atoms with Crippen LogP contribution >= 0.6 is 0 Å². The second-order valence-electron chi connectivity index (χ2n) is 4.86. The van der Waals surface area contributed by atoms with Crippen molar-refractivity contribution in [1.29, 1.82) is 0 Å². The van der Waals surface area contributed by atoms with E-state index in [1.807, 2.05) is 0 Å².